The molecule has 1 amide bonds. The SMILES string of the molecule is Cc1cc2nnc(SCC(=O)NCC3CN(CC(C)C)CCO3)n2c(C)n1. The van der Waals surface area contributed by atoms with E-state index in [1.165, 1.54) is 11.8 Å². The van der Waals surface area contributed by atoms with Gasteiger partial charge in [0.1, 0.15) is 5.82 Å². The Bertz CT molecular complexity index is 793. The number of rotatable bonds is 7. The molecule has 1 unspecified atom stereocenters. The quantitative estimate of drug-likeness (QED) is 0.711. The number of hydrogen-bond acceptors (Lipinski definition) is 7. The standard InChI is InChI=1S/C18H28N6O2S/c1-12(2)9-23-5-6-26-15(10-23)8-19-17(25)11-27-18-22-21-16-7-13(3)20-14(4)24(16)18/h7,12,15H,5-6,8-11H2,1-4H3,(H,19,25). The Labute approximate surface area is 164 Å². The Morgan fingerprint density at radius 1 is 1.41 bits per heavy atom. The van der Waals surface area contributed by atoms with Crippen molar-refractivity contribution in [3.05, 3.63) is 17.6 Å². The van der Waals surface area contributed by atoms with E-state index in [0.29, 0.717) is 17.6 Å². The second-order valence-electron chi connectivity index (χ2n) is 7.36. The summed E-state index contributed by atoms with van der Waals surface area (Å²) >= 11 is 1.37. The minimum absolute atomic E-state index is 0.0287. The van der Waals surface area contributed by atoms with Gasteiger partial charge in [0.15, 0.2) is 10.8 Å². The number of nitrogens with zero attached hydrogens (tertiary/aromatic N) is 5. The normalized spacial score (nSPS) is 18.3. The first-order chi connectivity index (χ1) is 12.9. The van der Waals surface area contributed by atoms with Crippen LogP contribution < -0.4 is 5.32 Å². The van der Waals surface area contributed by atoms with E-state index in [-0.39, 0.29) is 17.8 Å². The number of carbonyl (C=O) groups is 1. The molecule has 0 aliphatic carbocycles. The summed E-state index contributed by atoms with van der Waals surface area (Å²) in [6.07, 6.45) is 0.0507. The molecule has 2 aromatic rings. The number of aromatic nitrogens is 4. The maximum atomic E-state index is 12.2. The fraction of sp³-hybridized carbons (Fsp3) is 0.667. The van der Waals surface area contributed by atoms with Gasteiger partial charge in [-0.15, -0.1) is 10.2 Å². The highest BCUT2D eigenvalue weighted by Gasteiger charge is 2.21. The smallest absolute Gasteiger partial charge is 0.230 e. The van der Waals surface area contributed by atoms with Gasteiger partial charge in [0.25, 0.3) is 0 Å². The van der Waals surface area contributed by atoms with Gasteiger partial charge in [-0.2, -0.15) is 0 Å². The van der Waals surface area contributed by atoms with Crippen LogP contribution >= 0.6 is 11.8 Å². The topological polar surface area (TPSA) is 84.7 Å². The van der Waals surface area contributed by atoms with Crippen LogP contribution in [-0.4, -0.2) is 75.0 Å². The van der Waals surface area contributed by atoms with Crippen molar-refractivity contribution < 1.29 is 9.53 Å². The highest BCUT2D eigenvalue weighted by Crippen LogP contribution is 2.18. The third kappa shape index (κ3) is 5.40. The van der Waals surface area contributed by atoms with E-state index in [2.05, 4.69) is 39.2 Å². The molecule has 0 saturated carbocycles. The minimum atomic E-state index is -0.0287. The molecule has 148 valence electrons. The zero-order valence-electron chi connectivity index (χ0n) is 16.4. The Kier molecular flexibility index (Phi) is 6.67. The number of ether oxygens (including phenoxy) is 1. The molecule has 0 radical (unpaired) electrons. The van der Waals surface area contributed by atoms with Crippen LogP contribution in [0.3, 0.4) is 0 Å². The predicted octanol–water partition coefficient (Wildman–Crippen LogP) is 1.31. The van der Waals surface area contributed by atoms with E-state index >= 15 is 0 Å². The predicted molar refractivity (Wildman–Crippen MR) is 105 cm³/mol. The maximum absolute atomic E-state index is 12.2. The molecule has 1 aliphatic heterocycles. The number of fused-ring (bicyclic) bond motifs is 1. The fourth-order valence-electron chi connectivity index (χ4n) is 3.29. The van der Waals surface area contributed by atoms with E-state index in [1.807, 2.05) is 24.3 Å². The Balaban J connectivity index is 1.48. The molecule has 1 saturated heterocycles. The van der Waals surface area contributed by atoms with Crippen molar-refractivity contribution in [2.24, 2.45) is 5.92 Å². The number of hydrogen-bond donors (Lipinski definition) is 1. The Morgan fingerprint density at radius 3 is 3.00 bits per heavy atom. The monoisotopic (exact) mass is 392 g/mol. The van der Waals surface area contributed by atoms with Crippen LogP contribution in [-0.2, 0) is 9.53 Å². The van der Waals surface area contributed by atoms with Gasteiger partial charge in [-0.1, -0.05) is 25.6 Å². The number of amides is 1. The molecule has 0 aromatic carbocycles. The zero-order chi connectivity index (χ0) is 19.4. The van der Waals surface area contributed by atoms with Crippen molar-refractivity contribution >= 4 is 23.3 Å². The first kappa shape index (κ1) is 20.0. The summed E-state index contributed by atoms with van der Waals surface area (Å²) in [6, 6.07) is 1.88. The third-order valence-corrected chi connectivity index (χ3v) is 5.29. The van der Waals surface area contributed by atoms with Crippen molar-refractivity contribution in [1.29, 1.82) is 0 Å². The molecule has 2 aromatic heterocycles. The first-order valence-corrected chi connectivity index (χ1v) is 10.3. The lowest BCUT2D eigenvalue weighted by molar-refractivity contribution is -0.119. The molecular weight excluding hydrogens is 364 g/mol. The van der Waals surface area contributed by atoms with Crippen molar-refractivity contribution in [2.45, 2.75) is 39.0 Å². The second kappa shape index (κ2) is 8.99. The van der Waals surface area contributed by atoms with Crippen LogP contribution in [0.1, 0.15) is 25.4 Å². The fourth-order valence-corrected chi connectivity index (χ4v) is 4.11. The summed E-state index contributed by atoms with van der Waals surface area (Å²) in [6.45, 7) is 12.4. The van der Waals surface area contributed by atoms with Gasteiger partial charge < -0.3 is 10.1 Å². The van der Waals surface area contributed by atoms with Crippen LogP contribution in [0.4, 0.5) is 0 Å². The van der Waals surface area contributed by atoms with Crippen molar-refractivity contribution in [2.75, 3.05) is 38.5 Å². The Hall–Kier alpha value is -1.71. The summed E-state index contributed by atoms with van der Waals surface area (Å²) in [5.41, 5.74) is 1.66. The van der Waals surface area contributed by atoms with E-state index < -0.39 is 0 Å². The number of morpholine rings is 1. The lowest BCUT2D eigenvalue weighted by atomic mass is 10.2. The first-order valence-electron chi connectivity index (χ1n) is 9.35. The number of nitrogens with one attached hydrogen (secondary N) is 1. The van der Waals surface area contributed by atoms with Gasteiger partial charge in [0, 0.05) is 37.9 Å². The van der Waals surface area contributed by atoms with Gasteiger partial charge >= 0.3 is 0 Å². The van der Waals surface area contributed by atoms with E-state index in [1.54, 1.807) is 0 Å². The lowest BCUT2D eigenvalue weighted by Crippen LogP contribution is -2.48. The summed E-state index contributed by atoms with van der Waals surface area (Å²) in [4.78, 5) is 19.1. The van der Waals surface area contributed by atoms with E-state index in [0.717, 1.165) is 43.4 Å². The summed E-state index contributed by atoms with van der Waals surface area (Å²) in [5.74, 6) is 1.71. The average Bonchev–Trinajstić information content (AvgIpc) is 3.01. The van der Waals surface area contributed by atoms with Gasteiger partial charge in [-0.25, -0.2) is 4.98 Å². The molecular formula is C18H28N6O2S. The number of thioether (sulfide) groups is 1. The molecule has 27 heavy (non-hydrogen) atoms. The van der Waals surface area contributed by atoms with Gasteiger partial charge in [0.05, 0.1) is 18.5 Å². The van der Waals surface area contributed by atoms with Crippen LogP contribution in [0.2, 0.25) is 0 Å². The van der Waals surface area contributed by atoms with E-state index in [9.17, 15) is 4.79 Å². The van der Waals surface area contributed by atoms with Crippen LogP contribution in [0.25, 0.3) is 5.65 Å². The highest BCUT2D eigenvalue weighted by atomic mass is 32.2. The average molecular weight is 393 g/mol. The van der Waals surface area contributed by atoms with Crippen molar-refractivity contribution in [3.8, 4) is 0 Å². The van der Waals surface area contributed by atoms with Gasteiger partial charge in [-0.05, 0) is 19.8 Å². The molecule has 1 aliphatic rings. The van der Waals surface area contributed by atoms with Gasteiger partial charge in [-0.3, -0.25) is 14.1 Å². The molecule has 1 fully saturated rings. The molecule has 0 spiro atoms. The Morgan fingerprint density at radius 2 is 2.22 bits per heavy atom. The summed E-state index contributed by atoms with van der Waals surface area (Å²) in [7, 11) is 0. The third-order valence-electron chi connectivity index (χ3n) is 4.36. The van der Waals surface area contributed by atoms with Crippen LogP contribution in [0.5, 0.6) is 0 Å². The molecule has 1 atom stereocenters. The van der Waals surface area contributed by atoms with Crippen LogP contribution in [0, 0.1) is 19.8 Å². The van der Waals surface area contributed by atoms with E-state index in [4.69, 9.17) is 4.74 Å². The molecule has 1 N–H and O–H groups in total. The molecule has 0 bridgehead atoms. The van der Waals surface area contributed by atoms with Crippen LogP contribution in [0.15, 0.2) is 11.2 Å². The molecule has 3 heterocycles. The largest absolute Gasteiger partial charge is 0.374 e. The van der Waals surface area contributed by atoms with Crippen molar-refractivity contribution in [1.82, 2.24) is 29.8 Å². The second-order valence-corrected chi connectivity index (χ2v) is 8.30. The van der Waals surface area contributed by atoms with Gasteiger partial charge in [0.2, 0.25) is 5.91 Å². The maximum Gasteiger partial charge on any atom is 0.230 e. The number of aryl methyl sites for hydroxylation is 2. The molecule has 8 nitrogen and oxygen atoms in total. The zero-order valence-corrected chi connectivity index (χ0v) is 17.3. The summed E-state index contributed by atoms with van der Waals surface area (Å²) in [5, 5.41) is 12.0. The molecule has 3 rings (SSSR count). The minimum Gasteiger partial charge on any atom is -0.374 e. The summed E-state index contributed by atoms with van der Waals surface area (Å²) < 4.78 is 7.65. The van der Waals surface area contributed by atoms with Crippen molar-refractivity contribution in [3.63, 3.8) is 0 Å². The highest BCUT2D eigenvalue weighted by molar-refractivity contribution is 7.99. The number of carbonyl (C=O) groups excluding carboxylic acids is 1. The lowest BCUT2D eigenvalue weighted by Gasteiger charge is -2.33. The molecule has 9 heteroatoms.